The average molecular weight is 265 g/mol. The molecule has 2 N–H and O–H groups in total. The highest BCUT2D eigenvalue weighted by Gasteiger charge is 2.12. The van der Waals surface area contributed by atoms with E-state index in [4.69, 9.17) is 15.2 Å². The van der Waals surface area contributed by atoms with Gasteiger partial charge in [-0.05, 0) is 24.6 Å². The molecule has 5 heteroatoms. The molecule has 0 amide bonds. The Balaban J connectivity index is 2.40. The highest BCUT2D eigenvalue weighted by molar-refractivity contribution is 5.56. The van der Waals surface area contributed by atoms with E-state index >= 15 is 0 Å². The van der Waals surface area contributed by atoms with E-state index in [0.29, 0.717) is 0 Å². The molecule has 0 spiro atoms. The van der Waals surface area contributed by atoms with Crippen LogP contribution in [-0.2, 0) is 0 Å². The summed E-state index contributed by atoms with van der Waals surface area (Å²) in [7, 11) is 1.40. The standard InChI is InChI=1S/C14H13F2NO2/c1-8-3-4-9(15)12(5-8)19-13-7-14(18-2)11(17)6-10(13)16/h3-7H,17H2,1-2H3. The van der Waals surface area contributed by atoms with Gasteiger partial charge in [-0.1, -0.05) is 6.07 Å². The predicted molar refractivity (Wildman–Crippen MR) is 68.6 cm³/mol. The number of hydrogen-bond donors (Lipinski definition) is 1. The third-order valence-corrected chi connectivity index (χ3v) is 2.59. The van der Waals surface area contributed by atoms with Gasteiger partial charge in [-0.15, -0.1) is 0 Å². The van der Waals surface area contributed by atoms with E-state index in [-0.39, 0.29) is 22.9 Å². The SMILES string of the molecule is COc1cc(Oc2cc(C)ccc2F)c(F)cc1N. The Hall–Kier alpha value is -2.30. The molecular weight excluding hydrogens is 252 g/mol. The van der Waals surface area contributed by atoms with Crippen LogP contribution < -0.4 is 15.2 Å². The number of nitrogen functional groups attached to an aromatic ring is 1. The molecule has 3 nitrogen and oxygen atoms in total. The number of benzene rings is 2. The van der Waals surface area contributed by atoms with Gasteiger partial charge in [-0.25, -0.2) is 8.78 Å². The maximum Gasteiger partial charge on any atom is 0.168 e. The number of hydrogen-bond acceptors (Lipinski definition) is 3. The van der Waals surface area contributed by atoms with Crippen LogP contribution in [0.15, 0.2) is 30.3 Å². The zero-order valence-corrected chi connectivity index (χ0v) is 10.5. The van der Waals surface area contributed by atoms with Crippen LogP contribution in [0.4, 0.5) is 14.5 Å². The van der Waals surface area contributed by atoms with Crippen molar-refractivity contribution in [3.05, 3.63) is 47.5 Å². The molecule has 0 aliphatic heterocycles. The first-order valence-electron chi connectivity index (χ1n) is 5.58. The van der Waals surface area contributed by atoms with Gasteiger partial charge in [0.2, 0.25) is 0 Å². The van der Waals surface area contributed by atoms with Gasteiger partial charge in [-0.3, -0.25) is 0 Å². The third-order valence-electron chi connectivity index (χ3n) is 2.59. The molecule has 0 saturated carbocycles. The first kappa shape index (κ1) is 13.1. The topological polar surface area (TPSA) is 44.5 Å². The number of halogens is 2. The molecular formula is C14H13F2NO2. The molecule has 19 heavy (non-hydrogen) atoms. The number of rotatable bonds is 3. The molecule has 2 rings (SSSR count). The van der Waals surface area contributed by atoms with Gasteiger partial charge < -0.3 is 15.2 Å². The molecule has 2 aromatic carbocycles. The Morgan fingerprint density at radius 2 is 1.63 bits per heavy atom. The molecule has 2 aromatic rings. The average Bonchev–Trinajstić information content (AvgIpc) is 2.37. The summed E-state index contributed by atoms with van der Waals surface area (Å²) in [5.41, 5.74) is 6.51. The molecule has 0 heterocycles. The fourth-order valence-corrected chi connectivity index (χ4v) is 1.61. The lowest BCUT2D eigenvalue weighted by atomic mass is 10.2. The second-order valence-corrected chi connectivity index (χ2v) is 4.06. The molecule has 0 bridgehead atoms. The van der Waals surface area contributed by atoms with Crippen molar-refractivity contribution in [3.63, 3.8) is 0 Å². The summed E-state index contributed by atoms with van der Waals surface area (Å²) in [6, 6.07) is 6.70. The predicted octanol–water partition coefficient (Wildman–Crippen LogP) is 3.66. The molecule has 0 aromatic heterocycles. The Labute approximate surface area is 109 Å². The quantitative estimate of drug-likeness (QED) is 0.861. The highest BCUT2D eigenvalue weighted by Crippen LogP contribution is 2.33. The van der Waals surface area contributed by atoms with Crippen LogP contribution >= 0.6 is 0 Å². The molecule has 0 radical (unpaired) electrons. The lowest BCUT2D eigenvalue weighted by Gasteiger charge is -2.11. The minimum atomic E-state index is -0.681. The minimum Gasteiger partial charge on any atom is -0.494 e. The van der Waals surface area contributed by atoms with E-state index in [0.717, 1.165) is 11.6 Å². The fourth-order valence-electron chi connectivity index (χ4n) is 1.61. The summed E-state index contributed by atoms with van der Waals surface area (Å²) in [5.74, 6) is -1.18. The van der Waals surface area contributed by atoms with E-state index in [1.807, 2.05) is 0 Å². The third kappa shape index (κ3) is 2.76. The normalized spacial score (nSPS) is 10.3. The number of nitrogens with two attached hydrogens (primary N) is 1. The lowest BCUT2D eigenvalue weighted by molar-refractivity contribution is 0.394. The fraction of sp³-hybridized carbons (Fsp3) is 0.143. The molecule has 0 saturated heterocycles. The number of ether oxygens (including phenoxy) is 2. The van der Waals surface area contributed by atoms with Crippen molar-refractivity contribution in [1.29, 1.82) is 0 Å². The van der Waals surface area contributed by atoms with Gasteiger partial charge in [0.05, 0.1) is 12.8 Å². The van der Waals surface area contributed by atoms with Crippen LogP contribution in [0.25, 0.3) is 0 Å². The Kier molecular flexibility index (Phi) is 3.55. The monoisotopic (exact) mass is 265 g/mol. The maximum absolute atomic E-state index is 13.7. The van der Waals surface area contributed by atoms with Gasteiger partial charge in [0, 0.05) is 12.1 Å². The molecule has 100 valence electrons. The highest BCUT2D eigenvalue weighted by atomic mass is 19.1. The number of aryl methyl sites for hydroxylation is 1. The van der Waals surface area contributed by atoms with Crippen LogP contribution in [0, 0.1) is 18.6 Å². The Morgan fingerprint density at radius 1 is 0.947 bits per heavy atom. The summed E-state index contributed by atoms with van der Waals surface area (Å²) < 4.78 is 37.4. The Bertz CT molecular complexity index is 615. The van der Waals surface area contributed by atoms with Gasteiger partial charge >= 0.3 is 0 Å². The van der Waals surface area contributed by atoms with Crippen LogP contribution in [0.2, 0.25) is 0 Å². The van der Waals surface area contributed by atoms with Gasteiger partial charge in [0.25, 0.3) is 0 Å². The maximum atomic E-state index is 13.7. The van der Waals surface area contributed by atoms with Gasteiger partial charge in [0.15, 0.2) is 23.1 Å². The van der Waals surface area contributed by atoms with E-state index in [9.17, 15) is 8.78 Å². The van der Waals surface area contributed by atoms with Crippen molar-refractivity contribution in [2.45, 2.75) is 6.92 Å². The lowest BCUT2D eigenvalue weighted by Crippen LogP contribution is -1.97. The second-order valence-electron chi connectivity index (χ2n) is 4.06. The first-order valence-corrected chi connectivity index (χ1v) is 5.58. The number of anilines is 1. The van der Waals surface area contributed by atoms with E-state index in [1.165, 1.54) is 25.3 Å². The van der Waals surface area contributed by atoms with Crippen LogP contribution in [0.1, 0.15) is 5.56 Å². The molecule has 0 atom stereocenters. The molecule has 0 unspecified atom stereocenters. The summed E-state index contributed by atoms with van der Waals surface area (Å²) in [6.07, 6.45) is 0. The van der Waals surface area contributed by atoms with Crippen LogP contribution in [-0.4, -0.2) is 7.11 Å². The van der Waals surface area contributed by atoms with E-state index < -0.39 is 11.6 Å². The van der Waals surface area contributed by atoms with Crippen molar-refractivity contribution in [2.24, 2.45) is 0 Å². The van der Waals surface area contributed by atoms with Gasteiger partial charge in [0.1, 0.15) is 5.75 Å². The van der Waals surface area contributed by atoms with Crippen molar-refractivity contribution in [3.8, 4) is 17.2 Å². The Morgan fingerprint density at radius 3 is 2.32 bits per heavy atom. The second kappa shape index (κ2) is 5.14. The minimum absolute atomic E-state index is 0.0503. The summed E-state index contributed by atoms with van der Waals surface area (Å²) in [5, 5.41) is 0. The van der Waals surface area contributed by atoms with Crippen molar-refractivity contribution in [1.82, 2.24) is 0 Å². The van der Waals surface area contributed by atoms with Gasteiger partial charge in [-0.2, -0.15) is 0 Å². The first-order chi connectivity index (χ1) is 9.01. The van der Waals surface area contributed by atoms with Crippen molar-refractivity contribution < 1.29 is 18.3 Å². The summed E-state index contributed by atoms with van der Waals surface area (Å²) in [6.45, 7) is 1.78. The summed E-state index contributed by atoms with van der Waals surface area (Å²) in [4.78, 5) is 0. The summed E-state index contributed by atoms with van der Waals surface area (Å²) >= 11 is 0. The zero-order chi connectivity index (χ0) is 14.0. The van der Waals surface area contributed by atoms with Crippen LogP contribution in [0.5, 0.6) is 17.2 Å². The zero-order valence-electron chi connectivity index (χ0n) is 10.5. The van der Waals surface area contributed by atoms with Crippen molar-refractivity contribution >= 4 is 5.69 Å². The van der Waals surface area contributed by atoms with E-state index in [1.54, 1.807) is 13.0 Å². The van der Waals surface area contributed by atoms with Crippen molar-refractivity contribution in [2.75, 3.05) is 12.8 Å². The van der Waals surface area contributed by atoms with Crippen LogP contribution in [0.3, 0.4) is 0 Å². The molecule has 0 aliphatic rings. The smallest absolute Gasteiger partial charge is 0.168 e. The van der Waals surface area contributed by atoms with E-state index in [2.05, 4.69) is 0 Å². The molecule has 0 fully saturated rings. The molecule has 0 aliphatic carbocycles. The largest absolute Gasteiger partial charge is 0.494 e. The number of methoxy groups -OCH3 is 1.